The Bertz CT molecular complexity index is 331. The van der Waals surface area contributed by atoms with E-state index >= 15 is 0 Å². The van der Waals surface area contributed by atoms with Crippen LogP contribution in [0.5, 0.6) is 0 Å². The molecule has 1 unspecified atom stereocenters. The number of fused-ring (bicyclic) bond motifs is 1. The molecule has 1 aliphatic heterocycles. The molecular weight excluding hydrogens is 190 g/mol. The average Bonchev–Trinajstić information content (AvgIpc) is 2.59. The van der Waals surface area contributed by atoms with Crippen molar-refractivity contribution in [3.8, 4) is 0 Å². The number of nitrogens with one attached hydrogen (secondary N) is 1. The molecule has 0 radical (unpaired) electrons. The van der Waals surface area contributed by atoms with Crippen LogP contribution in [-0.2, 0) is 6.42 Å². The number of nitrogens with two attached hydrogens (primary N) is 1. The Labute approximate surface area is 90.1 Å². The molecule has 1 aliphatic rings. The van der Waals surface area contributed by atoms with Gasteiger partial charge in [0.25, 0.3) is 0 Å². The highest BCUT2D eigenvalue weighted by Crippen LogP contribution is 2.27. The molecule has 0 aromatic carbocycles. The molecule has 1 aromatic heterocycles. The van der Waals surface area contributed by atoms with Crippen molar-refractivity contribution in [1.29, 1.82) is 0 Å². The van der Waals surface area contributed by atoms with Crippen LogP contribution in [0.2, 0.25) is 0 Å². The van der Waals surface area contributed by atoms with E-state index in [1.165, 1.54) is 0 Å². The molecule has 15 heavy (non-hydrogen) atoms. The molecule has 0 aliphatic carbocycles. The van der Waals surface area contributed by atoms with E-state index in [4.69, 9.17) is 5.73 Å². The summed E-state index contributed by atoms with van der Waals surface area (Å²) in [7, 11) is 0. The maximum Gasteiger partial charge on any atom is 0.221 e. The zero-order valence-corrected chi connectivity index (χ0v) is 9.40. The van der Waals surface area contributed by atoms with E-state index in [2.05, 4.69) is 29.2 Å². The third-order valence-electron chi connectivity index (χ3n) is 2.85. The summed E-state index contributed by atoms with van der Waals surface area (Å²) in [5.41, 5.74) is 5.50. The molecule has 84 valence electrons. The number of hydrogen-bond donors (Lipinski definition) is 2. The summed E-state index contributed by atoms with van der Waals surface area (Å²) >= 11 is 0. The van der Waals surface area contributed by atoms with Crippen molar-refractivity contribution < 1.29 is 0 Å². The SMILES string of the molecule is CC(C)C1CCNc2nc(CCN)nn21. The van der Waals surface area contributed by atoms with Crippen molar-refractivity contribution in [2.24, 2.45) is 11.7 Å². The maximum atomic E-state index is 5.50. The quantitative estimate of drug-likeness (QED) is 0.772. The second-order valence-corrected chi connectivity index (χ2v) is 4.36. The predicted molar refractivity (Wildman–Crippen MR) is 59.8 cm³/mol. The Kier molecular flexibility index (Phi) is 2.90. The third-order valence-corrected chi connectivity index (χ3v) is 2.85. The van der Waals surface area contributed by atoms with E-state index in [-0.39, 0.29) is 0 Å². The van der Waals surface area contributed by atoms with Crippen LogP contribution in [0.3, 0.4) is 0 Å². The maximum absolute atomic E-state index is 5.50. The van der Waals surface area contributed by atoms with Gasteiger partial charge in [-0.05, 0) is 18.9 Å². The fraction of sp³-hybridized carbons (Fsp3) is 0.800. The summed E-state index contributed by atoms with van der Waals surface area (Å²) in [5.74, 6) is 2.36. The first-order valence-electron chi connectivity index (χ1n) is 5.61. The first-order chi connectivity index (χ1) is 7.22. The van der Waals surface area contributed by atoms with Gasteiger partial charge in [-0.25, -0.2) is 4.68 Å². The van der Waals surface area contributed by atoms with Crippen LogP contribution < -0.4 is 11.1 Å². The molecule has 5 heteroatoms. The summed E-state index contributed by atoms with van der Waals surface area (Å²) in [6, 6.07) is 0.472. The largest absolute Gasteiger partial charge is 0.354 e. The van der Waals surface area contributed by atoms with Gasteiger partial charge in [-0.2, -0.15) is 10.1 Å². The smallest absolute Gasteiger partial charge is 0.221 e. The molecule has 1 aromatic rings. The Hall–Kier alpha value is -1.10. The lowest BCUT2D eigenvalue weighted by Gasteiger charge is -2.27. The lowest BCUT2D eigenvalue weighted by Crippen LogP contribution is -2.27. The normalized spacial score (nSPS) is 20.1. The lowest BCUT2D eigenvalue weighted by molar-refractivity contribution is 0.321. The summed E-state index contributed by atoms with van der Waals surface area (Å²) < 4.78 is 2.03. The monoisotopic (exact) mass is 209 g/mol. The average molecular weight is 209 g/mol. The molecule has 0 saturated heterocycles. The van der Waals surface area contributed by atoms with E-state index in [0.29, 0.717) is 18.5 Å². The van der Waals surface area contributed by atoms with Crippen LogP contribution in [0.1, 0.15) is 32.1 Å². The number of anilines is 1. The number of aromatic nitrogens is 3. The van der Waals surface area contributed by atoms with Gasteiger partial charge in [0, 0.05) is 13.0 Å². The highest BCUT2D eigenvalue weighted by molar-refractivity contribution is 5.28. The Morgan fingerprint density at radius 2 is 2.40 bits per heavy atom. The zero-order chi connectivity index (χ0) is 10.8. The fourth-order valence-corrected chi connectivity index (χ4v) is 2.02. The Morgan fingerprint density at radius 3 is 3.07 bits per heavy atom. The highest BCUT2D eigenvalue weighted by Gasteiger charge is 2.24. The van der Waals surface area contributed by atoms with Gasteiger partial charge in [-0.3, -0.25) is 0 Å². The van der Waals surface area contributed by atoms with Gasteiger partial charge in [0.05, 0.1) is 6.04 Å². The van der Waals surface area contributed by atoms with Gasteiger partial charge in [0.2, 0.25) is 5.95 Å². The van der Waals surface area contributed by atoms with Crippen LogP contribution >= 0.6 is 0 Å². The number of nitrogens with zero attached hydrogens (tertiary/aromatic N) is 3. The van der Waals surface area contributed by atoms with Crippen molar-refractivity contribution in [3.05, 3.63) is 5.82 Å². The third kappa shape index (κ3) is 1.97. The standard InChI is InChI=1S/C10H19N5/c1-7(2)8-4-6-12-10-13-9(3-5-11)14-15(8)10/h7-8H,3-6,11H2,1-2H3,(H,12,13,14). The van der Waals surface area contributed by atoms with Gasteiger partial charge < -0.3 is 11.1 Å². The summed E-state index contributed by atoms with van der Waals surface area (Å²) in [4.78, 5) is 4.43. The van der Waals surface area contributed by atoms with E-state index in [1.54, 1.807) is 0 Å². The highest BCUT2D eigenvalue weighted by atomic mass is 15.4. The van der Waals surface area contributed by atoms with Crippen LogP contribution in [0.25, 0.3) is 0 Å². The van der Waals surface area contributed by atoms with Crippen LogP contribution in [0.15, 0.2) is 0 Å². The van der Waals surface area contributed by atoms with Gasteiger partial charge in [-0.15, -0.1) is 0 Å². The van der Waals surface area contributed by atoms with Crippen LogP contribution in [0.4, 0.5) is 5.95 Å². The molecule has 5 nitrogen and oxygen atoms in total. The van der Waals surface area contributed by atoms with Gasteiger partial charge in [-0.1, -0.05) is 13.8 Å². The molecule has 0 saturated carbocycles. The molecule has 0 fully saturated rings. The van der Waals surface area contributed by atoms with E-state index in [0.717, 1.165) is 31.2 Å². The van der Waals surface area contributed by atoms with Crippen molar-refractivity contribution >= 4 is 5.95 Å². The second kappa shape index (κ2) is 4.18. The number of hydrogen-bond acceptors (Lipinski definition) is 4. The first-order valence-corrected chi connectivity index (χ1v) is 5.61. The molecule has 3 N–H and O–H groups in total. The van der Waals surface area contributed by atoms with Crippen LogP contribution in [0, 0.1) is 5.92 Å². The van der Waals surface area contributed by atoms with Crippen molar-refractivity contribution in [3.63, 3.8) is 0 Å². The fourth-order valence-electron chi connectivity index (χ4n) is 2.02. The molecule has 0 amide bonds. The molecule has 1 atom stereocenters. The summed E-state index contributed by atoms with van der Waals surface area (Å²) in [6.07, 6.45) is 1.88. The van der Waals surface area contributed by atoms with Gasteiger partial charge in [0.15, 0.2) is 5.82 Å². The Morgan fingerprint density at radius 1 is 1.60 bits per heavy atom. The number of rotatable bonds is 3. The lowest BCUT2D eigenvalue weighted by atomic mass is 10.0. The topological polar surface area (TPSA) is 68.8 Å². The summed E-state index contributed by atoms with van der Waals surface area (Å²) in [6.45, 7) is 6.05. The van der Waals surface area contributed by atoms with Crippen molar-refractivity contribution in [2.75, 3.05) is 18.4 Å². The minimum Gasteiger partial charge on any atom is -0.354 e. The van der Waals surface area contributed by atoms with Gasteiger partial charge in [0.1, 0.15) is 0 Å². The zero-order valence-electron chi connectivity index (χ0n) is 9.40. The second-order valence-electron chi connectivity index (χ2n) is 4.36. The first kappa shape index (κ1) is 10.4. The molecular formula is C10H19N5. The van der Waals surface area contributed by atoms with Crippen molar-refractivity contribution in [2.45, 2.75) is 32.7 Å². The van der Waals surface area contributed by atoms with Gasteiger partial charge >= 0.3 is 0 Å². The summed E-state index contributed by atoms with van der Waals surface area (Å²) in [5, 5.41) is 7.78. The minimum atomic E-state index is 0.472. The Balaban J connectivity index is 2.26. The molecule has 0 spiro atoms. The molecule has 2 heterocycles. The molecule has 2 rings (SSSR count). The minimum absolute atomic E-state index is 0.472. The van der Waals surface area contributed by atoms with E-state index < -0.39 is 0 Å². The predicted octanol–water partition coefficient (Wildman–Crippen LogP) is 0.792. The van der Waals surface area contributed by atoms with Crippen molar-refractivity contribution in [1.82, 2.24) is 14.8 Å². The molecule has 0 bridgehead atoms. The van der Waals surface area contributed by atoms with E-state index in [9.17, 15) is 0 Å². The van der Waals surface area contributed by atoms with E-state index in [1.807, 2.05) is 4.68 Å². The van der Waals surface area contributed by atoms with Crippen LogP contribution in [-0.4, -0.2) is 27.9 Å².